The Labute approximate surface area is 153 Å². The fraction of sp³-hybridized carbons (Fsp3) is 0.588. The number of fused-ring (bicyclic) bond motifs is 1. The number of benzene rings is 1. The summed E-state index contributed by atoms with van der Waals surface area (Å²) in [6, 6.07) is 5.97. The van der Waals surface area contributed by atoms with Crippen LogP contribution in [-0.2, 0) is 21.2 Å². The highest BCUT2D eigenvalue weighted by atomic mass is 32.2. The lowest BCUT2D eigenvalue weighted by Gasteiger charge is -2.34. The van der Waals surface area contributed by atoms with Gasteiger partial charge < -0.3 is 9.64 Å². The van der Waals surface area contributed by atoms with Crippen LogP contribution < -0.4 is 15.6 Å². The molecule has 3 aliphatic rings. The summed E-state index contributed by atoms with van der Waals surface area (Å²) in [5.41, 5.74) is 8.70. The Balaban J connectivity index is 1.36. The number of carbonyl (C=O) groups excluding carboxylic acids is 1. The predicted octanol–water partition coefficient (Wildman–Crippen LogP) is -0.367. The molecule has 142 valence electrons. The average Bonchev–Trinajstić information content (AvgIpc) is 3.29. The van der Waals surface area contributed by atoms with Crippen molar-refractivity contribution in [2.45, 2.75) is 24.9 Å². The molecule has 0 aliphatic carbocycles. The topological polar surface area (TPSA) is 91.0 Å². The number of nitrogens with zero attached hydrogens (tertiary/aromatic N) is 2. The minimum Gasteiger partial charge on any atom is -0.493 e. The minimum absolute atomic E-state index is 0.0256. The van der Waals surface area contributed by atoms with E-state index in [-0.39, 0.29) is 18.0 Å². The molecule has 0 spiro atoms. The minimum atomic E-state index is -3.19. The van der Waals surface area contributed by atoms with Gasteiger partial charge in [-0.1, -0.05) is 12.1 Å². The van der Waals surface area contributed by atoms with E-state index >= 15 is 0 Å². The number of rotatable bonds is 3. The van der Waals surface area contributed by atoms with E-state index in [2.05, 4.69) is 16.9 Å². The van der Waals surface area contributed by atoms with Gasteiger partial charge in [0.25, 0.3) is 0 Å². The van der Waals surface area contributed by atoms with Crippen molar-refractivity contribution < 1.29 is 17.9 Å². The van der Waals surface area contributed by atoms with Crippen molar-refractivity contribution in [3.8, 4) is 5.75 Å². The lowest BCUT2D eigenvalue weighted by molar-refractivity contribution is -0.134. The van der Waals surface area contributed by atoms with Crippen molar-refractivity contribution in [1.29, 1.82) is 0 Å². The van der Waals surface area contributed by atoms with Crippen LogP contribution in [-0.4, -0.2) is 68.6 Å². The van der Waals surface area contributed by atoms with E-state index in [9.17, 15) is 13.2 Å². The highest BCUT2D eigenvalue weighted by Gasteiger charge is 2.35. The van der Waals surface area contributed by atoms with E-state index < -0.39 is 10.0 Å². The summed E-state index contributed by atoms with van der Waals surface area (Å²) >= 11 is 0. The molecule has 0 bridgehead atoms. The predicted molar refractivity (Wildman–Crippen MR) is 96.1 cm³/mol. The Morgan fingerprint density at radius 2 is 1.96 bits per heavy atom. The highest BCUT2D eigenvalue weighted by molar-refractivity contribution is 7.88. The van der Waals surface area contributed by atoms with Gasteiger partial charge in [-0.3, -0.25) is 4.79 Å². The molecule has 8 nitrogen and oxygen atoms in total. The molecular formula is C17H24N4O4S. The van der Waals surface area contributed by atoms with Crippen molar-refractivity contribution in [2.75, 3.05) is 39.0 Å². The summed E-state index contributed by atoms with van der Waals surface area (Å²) in [4.78, 5) is 14.5. The Morgan fingerprint density at radius 1 is 1.19 bits per heavy atom. The van der Waals surface area contributed by atoms with Gasteiger partial charge in [0.1, 0.15) is 11.8 Å². The van der Waals surface area contributed by atoms with Gasteiger partial charge in [-0.25, -0.2) is 19.3 Å². The van der Waals surface area contributed by atoms with Gasteiger partial charge >= 0.3 is 0 Å². The number of amides is 1. The fourth-order valence-corrected chi connectivity index (χ4v) is 4.65. The van der Waals surface area contributed by atoms with Gasteiger partial charge in [-0.05, 0) is 23.6 Å². The van der Waals surface area contributed by atoms with Gasteiger partial charge in [0, 0.05) is 38.6 Å². The Kier molecular flexibility index (Phi) is 4.64. The summed E-state index contributed by atoms with van der Waals surface area (Å²) in [5.74, 6) is 0.980. The molecule has 2 unspecified atom stereocenters. The first-order valence-electron chi connectivity index (χ1n) is 8.92. The molecule has 2 saturated heterocycles. The lowest BCUT2D eigenvalue weighted by Crippen LogP contribution is -2.54. The quantitative estimate of drug-likeness (QED) is 0.744. The van der Waals surface area contributed by atoms with E-state index in [1.807, 2.05) is 12.1 Å². The molecule has 2 fully saturated rings. The smallest absolute Gasteiger partial charge is 0.241 e. The Morgan fingerprint density at radius 3 is 2.69 bits per heavy atom. The Bertz CT molecular complexity index is 805. The summed E-state index contributed by atoms with van der Waals surface area (Å²) in [7, 11) is -3.19. The SMILES string of the molecule is CS(=O)(=O)N1CCN(C(=O)C2CC(c3ccc4c(c3)CCO4)NN2)CC1. The van der Waals surface area contributed by atoms with Crippen LogP contribution in [0.3, 0.4) is 0 Å². The van der Waals surface area contributed by atoms with Crippen LogP contribution in [0.25, 0.3) is 0 Å². The number of hydrogen-bond acceptors (Lipinski definition) is 6. The van der Waals surface area contributed by atoms with Crippen LogP contribution in [0.1, 0.15) is 23.6 Å². The number of hydrazine groups is 1. The largest absolute Gasteiger partial charge is 0.493 e. The molecule has 1 aromatic carbocycles. The number of nitrogens with one attached hydrogen (secondary N) is 2. The first-order valence-corrected chi connectivity index (χ1v) is 10.8. The number of hydrogen-bond donors (Lipinski definition) is 2. The first-order chi connectivity index (χ1) is 12.4. The fourth-order valence-electron chi connectivity index (χ4n) is 3.82. The molecule has 9 heteroatoms. The van der Waals surface area contributed by atoms with Crippen LogP contribution in [0.15, 0.2) is 18.2 Å². The maximum atomic E-state index is 12.8. The monoisotopic (exact) mass is 380 g/mol. The van der Waals surface area contributed by atoms with E-state index in [0.29, 0.717) is 32.6 Å². The second kappa shape index (κ2) is 6.80. The number of sulfonamides is 1. The van der Waals surface area contributed by atoms with Gasteiger partial charge in [0.15, 0.2) is 0 Å². The van der Waals surface area contributed by atoms with Crippen molar-refractivity contribution in [3.63, 3.8) is 0 Å². The molecule has 3 aliphatic heterocycles. The van der Waals surface area contributed by atoms with Gasteiger partial charge in [0.05, 0.1) is 12.9 Å². The van der Waals surface area contributed by atoms with Crippen LogP contribution in [0.2, 0.25) is 0 Å². The van der Waals surface area contributed by atoms with Gasteiger partial charge in [-0.2, -0.15) is 4.31 Å². The molecule has 26 heavy (non-hydrogen) atoms. The third-order valence-electron chi connectivity index (χ3n) is 5.34. The molecule has 1 amide bonds. The molecule has 0 radical (unpaired) electrons. The summed E-state index contributed by atoms with van der Waals surface area (Å²) in [5, 5.41) is 0. The lowest BCUT2D eigenvalue weighted by atomic mass is 9.98. The Hall–Kier alpha value is -1.68. The number of piperazine rings is 1. The van der Waals surface area contributed by atoms with Gasteiger partial charge in [0.2, 0.25) is 15.9 Å². The highest BCUT2D eigenvalue weighted by Crippen LogP contribution is 2.31. The average molecular weight is 380 g/mol. The first kappa shape index (κ1) is 17.7. The van der Waals surface area contributed by atoms with Crippen molar-refractivity contribution in [2.24, 2.45) is 0 Å². The molecule has 2 N–H and O–H groups in total. The normalized spacial score (nSPS) is 26.6. The third-order valence-corrected chi connectivity index (χ3v) is 6.64. The summed E-state index contributed by atoms with van der Waals surface area (Å²) < 4.78 is 30.1. The van der Waals surface area contributed by atoms with E-state index in [1.165, 1.54) is 16.1 Å². The van der Waals surface area contributed by atoms with Crippen LogP contribution in [0.5, 0.6) is 5.75 Å². The summed E-state index contributed by atoms with van der Waals surface area (Å²) in [6.07, 6.45) is 2.81. The molecule has 2 atom stereocenters. The third kappa shape index (κ3) is 3.44. The van der Waals surface area contributed by atoms with E-state index in [1.54, 1.807) is 4.90 Å². The van der Waals surface area contributed by atoms with Crippen LogP contribution >= 0.6 is 0 Å². The molecular weight excluding hydrogens is 356 g/mol. The standard InChI is InChI=1S/C17H24N4O4S/c1-26(23,24)21-7-5-20(6-8-21)17(22)15-11-14(18-19-15)12-2-3-16-13(10-12)4-9-25-16/h2-3,10,14-15,18-19H,4-9,11H2,1H3. The zero-order valence-electron chi connectivity index (χ0n) is 14.8. The number of carbonyl (C=O) groups is 1. The maximum absolute atomic E-state index is 12.8. The van der Waals surface area contributed by atoms with E-state index in [4.69, 9.17) is 4.74 Å². The van der Waals surface area contributed by atoms with Crippen LogP contribution in [0, 0.1) is 0 Å². The summed E-state index contributed by atoms with van der Waals surface area (Å²) in [6.45, 7) is 2.32. The molecule has 4 rings (SSSR count). The zero-order valence-corrected chi connectivity index (χ0v) is 15.6. The molecule has 1 aromatic rings. The van der Waals surface area contributed by atoms with Crippen LogP contribution in [0.4, 0.5) is 0 Å². The second-order valence-corrected chi connectivity index (χ2v) is 9.06. The van der Waals surface area contributed by atoms with E-state index in [0.717, 1.165) is 24.3 Å². The van der Waals surface area contributed by atoms with Crippen molar-refractivity contribution in [1.82, 2.24) is 20.1 Å². The maximum Gasteiger partial charge on any atom is 0.241 e. The van der Waals surface area contributed by atoms with Crippen molar-refractivity contribution in [3.05, 3.63) is 29.3 Å². The van der Waals surface area contributed by atoms with Crippen molar-refractivity contribution >= 4 is 15.9 Å². The molecule has 0 aromatic heterocycles. The molecule has 3 heterocycles. The molecule has 0 saturated carbocycles. The van der Waals surface area contributed by atoms with Gasteiger partial charge in [-0.15, -0.1) is 0 Å². The second-order valence-electron chi connectivity index (χ2n) is 7.08. The number of ether oxygens (including phenoxy) is 1. The zero-order chi connectivity index (χ0) is 18.3.